The summed E-state index contributed by atoms with van der Waals surface area (Å²) in [5, 5.41) is 63.8. The van der Waals surface area contributed by atoms with Crippen molar-refractivity contribution in [1.29, 1.82) is 0 Å². The number of carboxylic acid groups (broad SMARTS) is 3. The highest BCUT2D eigenvalue weighted by molar-refractivity contribution is 5.80. The molecule has 10 atom stereocenters. The van der Waals surface area contributed by atoms with Gasteiger partial charge in [-0.1, -0.05) is 0 Å². The zero-order valence-corrected chi connectivity index (χ0v) is 21.8. The van der Waals surface area contributed by atoms with Crippen LogP contribution in [0.5, 0.6) is 0 Å². The van der Waals surface area contributed by atoms with E-state index in [1.165, 1.54) is 14.2 Å². The molecule has 0 saturated carbocycles. The molecular formula is C22H36N2O16. The van der Waals surface area contributed by atoms with Crippen LogP contribution in [0.25, 0.3) is 0 Å². The first-order valence-electron chi connectivity index (χ1n) is 12.2. The number of carbonyl (C=O) groups is 4. The SMILES string of the molecule is COC1OC(CO)C(OC2OC(COCC(=O)O)C(OC)C(O)C2NC(=O)CCC(=O)O)C(O)C1NCC(=O)O. The van der Waals surface area contributed by atoms with Gasteiger partial charge in [0.15, 0.2) is 12.6 Å². The van der Waals surface area contributed by atoms with Gasteiger partial charge in [0.05, 0.1) is 32.2 Å². The fraction of sp³-hybridized carbons (Fsp3) is 0.818. The normalized spacial score (nSPS) is 34.2. The molecule has 2 rings (SSSR count). The van der Waals surface area contributed by atoms with Gasteiger partial charge in [0.1, 0.15) is 49.3 Å². The average Bonchev–Trinajstić information content (AvgIpc) is 2.89. The quantitative estimate of drug-likeness (QED) is 0.0852. The van der Waals surface area contributed by atoms with Crippen LogP contribution >= 0.6 is 0 Å². The van der Waals surface area contributed by atoms with Crippen molar-refractivity contribution in [2.45, 2.75) is 74.1 Å². The first-order chi connectivity index (χ1) is 18.9. The molecule has 2 saturated heterocycles. The van der Waals surface area contributed by atoms with Gasteiger partial charge < -0.3 is 64.4 Å². The Morgan fingerprint density at radius 3 is 2.00 bits per heavy atom. The highest BCUT2D eigenvalue weighted by Crippen LogP contribution is 2.30. The van der Waals surface area contributed by atoms with Gasteiger partial charge in [0.25, 0.3) is 0 Å². The van der Waals surface area contributed by atoms with E-state index in [0.717, 1.165) is 0 Å². The minimum Gasteiger partial charge on any atom is -0.481 e. The van der Waals surface area contributed by atoms with Crippen molar-refractivity contribution in [3.63, 3.8) is 0 Å². The molecule has 2 aliphatic rings. The Balaban J connectivity index is 2.34. The maximum absolute atomic E-state index is 12.5. The highest BCUT2D eigenvalue weighted by Gasteiger charge is 2.52. The predicted molar refractivity (Wildman–Crippen MR) is 126 cm³/mol. The number of carbonyl (C=O) groups excluding carboxylic acids is 1. The molecular weight excluding hydrogens is 548 g/mol. The lowest BCUT2D eigenvalue weighted by atomic mass is 9.94. The summed E-state index contributed by atoms with van der Waals surface area (Å²) in [5.41, 5.74) is 0. The summed E-state index contributed by atoms with van der Waals surface area (Å²) >= 11 is 0. The summed E-state index contributed by atoms with van der Waals surface area (Å²) < 4.78 is 32.9. The van der Waals surface area contributed by atoms with Gasteiger partial charge >= 0.3 is 17.9 Å². The van der Waals surface area contributed by atoms with E-state index in [1.54, 1.807) is 0 Å². The number of rotatable bonds is 16. The van der Waals surface area contributed by atoms with E-state index in [0.29, 0.717) is 0 Å². The van der Waals surface area contributed by atoms with Crippen LogP contribution in [0.1, 0.15) is 12.8 Å². The number of methoxy groups -OCH3 is 2. The summed E-state index contributed by atoms with van der Waals surface area (Å²) in [4.78, 5) is 45.3. The van der Waals surface area contributed by atoms with Crippen molar-refractivity contribution in [1.82, 2.24) is 10.6 Å². The standard InChI is InChI=1S/C22H36N2O16/c1-35-19-10(7-37-8-14(31)32)39-22(16(18(19)34)24-11(26)3-4-12(27)28)40-20-9(6-25)38-21(36-2)15(17(20)33)23-5-13(29)30/h9-10,15-23,25,33-34H,3-8H2,1-2H3,(H,24,26)(H,27,28)(H,29,30)(H,31,32). The van der Waals surface area contributed by atoms with E-state index in [-0.39, 0.29) is 0 Å². The van der Waals surface area contributed by atoms with Crippen molar-refractivity contribution in [3.8, 4) is 0 Å². The van der Waals surface area contributed by atoms with Crippen LogP contribution in [-0.4, -0.2) is 156 Å². The summed E-state index contributed by atoms with van der Waals surface area (Å²) in [6.45, 7) is -2.40. The van der Waals surface area contributed by atoms with Crippen LogP contribution in [-0.2, 0) is 47.6 Å². The van der Waals surface area contributed by atoms with Gasteiger partial charge in [-0.2, -0.15) is 0 Å². The number of aliphatic hydroxyl groups is 3. The molecule has 0 aromatic rings. The van der Waals surface area contributed by atoms with Gasteiger partial charge in [-0.15, -0.1) is 0 Å². The Kier molecular flexibility index (Phi) is 13.5. The van der Waals surface area contributed by atoms with Crippen LogP contribution in [0, 0.1) is 0 Å². The Morgan fingerprint density at radius 1 is 0.800 bits per heavy atom. The smallest absolute Gasteiger partial charge is 0.329 e. The molecule has 2 aliphatic heterocycles. The molecule has 10 unspecified atom stereocenters. The summed E-state index contributed by atoms with van der Waals surface area (Å²) in [7, 11) is 2.45. The molecule has 0 aromatic carbocycles. The van der Waals surface area contributed by atoms with Gasteiger partial charge in [0, 0.05) is 20.6 Å². The van der Waals surface area contributed by atoms with Crippen molar-refractivity contribution in [2.24, 2.45) is 0 Å². The maximum Gasteiger partial charge on any atom is 0.329 e. The summed E-state index contributed by atoms with van der Waals surface area (Å²) in [6, 6.07) is -2.59. The molecule has 2 heterocycles. The Labute approximate surface area is 228 Å². The van der Waals surface area contributed by atoms with Crippen LogP contribution in [0.15, 0.2) is 0 Å². The monoisotopic (exact) mass is 584 g/mol. The molecule has 2 fully saturated rings. The summed E-state index contributed by atoms with van der Waals surface area (Å²) in [6.07, 6.45) is -12.0. The lowest BCUT2D eigenvalue weighted by molar-refractivity contribution is -0.332. The fourth-order valence-electron chi connectivity index (χ4n) is 4.37. The number of hydrogen-bond acceptors (Lipinski definition) is 14. The minimum atomic E-state index is -1.61. The van der Waals surface area contributed by atoms with Gasteiger partial charge in [-0.25, -0.2) is 4.79 Å². The molecule has 230 valence electrons. The average molecular weight is 585 g/mol. The Hall–Kier alpha value is -2.52. The van der Waals surface area contributed by atoms with Crippen molar-refractivity contribution >= 4 is 23.8 Å². The number of aliphatic carboxylic acids is 3. The van der Waals surface area contributed by atoms with Crippen molar-refractivity contribution < 1.29 is 78.2 Å². The molecule has 18 heteroatoms. The van der Waals surface area contributed by atoms with Gasteiger partial charge in [-0.3, -0.25) is 19.7 Å². The largest absolute Gasteiger partial charge is 0.481 e. The van der Waals surface area contributed by atoms with Crippen molar-refractivity contribution in [2.75, 3.05) is 40.6 Å². The Morgan fingerprint density at radius 2 is 1.45 bits per heavy atom. The van der Waals surface area contributed by atoms with E-state index in [4.69, 9.17) is 43.7 Å². The molecule has 0 radical (unpaired) electrons. The molecule has 1 amide bonds. The number of carboxylic acids is 3. The second-order valence-corrected chi connectivity index (χ2v) is 8.98. The van der Waals surface area contributed by atoms with Gasteiger partial charge in [0.2, 0.25) is 5.91 Å². The summed E-state index contributed by atoms with van der Waals surface area (Å²) in [5.74, 6) is -4.56. The number of hydrogen-bond donors (Lipinski definition) is 8. The van der Waals surface area contributed by atoms with Crippen molar-refractivity contribution in [3.05, 3.63) is 0 Å². The molecule has 0 spiro atoms. The first kappa shape index (κ1) is 33.7. The molecule has 0 bridgehead atoms. The molecule has 18 nitrogen and oxygen atoms in total. The molecule has 0 aromatic heterocycles. The second kappa shape index (κ2) is 16.1. The van der Waals surface area contributed by atoms with E-state index < -0.39 is 124 Å². The number of ether oxygens (including phenoxy) is 6. The Bertz CT molecular complexity index is 861. The number of nitrogens with one attached hydrogen (secondary N) is 2. The zero-order chi connectivity index (χ0) is 30.0. The lowest BCUT2D eigenvalue weighted by Crippen LogP contribution is -2.69. The van der Waals surface area contributed by atoms with Crippen LogP contribution in [0.2, 0.25) is 0 Å². The van der Waals surface area contributed by atoms with Crippen LogP contribution in [0.4, 0.5) is 0 Å². The first-order valence-corrected chi connectivity index (χ1v) is 12.2. The molecule has 40 heavy (non-hydrogen) atoms. The predicted octanol–water partition coefficient (Wildman–Crippen LogP) is -4.31. The van der Waals surface area contributed by atoms with E-state index in [2.05, 4.69) is 10.6 Å². The van der Waals surface area contributed by atoms with E-state index in [9.17, 15) is 34.5 Å². The van der Waals surface area contributed by atoms with E-state index in [1.807, 2.05) is 0 Å². The number of amides is 1. The van der Waals surface area contributed by atoms with Gasteiger partial charge in [-0.05, 0) is 0 Å². The second-order valence-electron chi connectivity index (χ2n) is 8.98. The third-order valence-electron chi connectivity index (χ3n) is 6.21. The topological polar surface area (TPSA) is 269 Å². The van der Waals surface area contributed by atoms with E-state index >= 15 is 0 Å². The third-order valence-corrected chi connectivity index (χ3v) is 6.21. The zero-order valence-electron chi connectivity index (χ0n) is 21.8. The lowest BCUT2D eigenvalue weighted by Gasteiger charge is -2.48. The highest BCUT2D eigenvalue weighted by atomic mass is 16.7. The maximum atomic E-state index is 12.5. The third kappa shape index (κ3) is 9.26. The fourth-order valence-corrected chi connectivity index (χ4v) is 4.37. The number of aliphatic hydroxyl groups excluding tert-OH is 3. The molecule has 8 N–H and O–H groups in total. The molecule has 0 aliphatic carbocycles. The van der Waals surface area contributed by atoms with Crippen LogP contribution in [0.3, 0.4) is 0 Å². The van der Waals surface area contributed by atoms with Crippen LogP contribution < -0.4 is 10.6 Å². The minimum absolute atomic E-state index is 0.400.